The number of hydrogen-bond donors (Lipinski definition) is 1. The molecule has 0 heterocycles. The van der Waals surface area contributed by atoms with Crippen LogP contribution < -0.4 is 0 Å². The van der Waals surface area contributed by atoms with Crippen molar-refractivity contribution in [2.45, 2.75) is 45.1 Å². The number of ether oxygens (including phenoxy) is 1. The predicted octanol–water partition coefficient (Wildman–Crippen LogP) is 4.54. The Labute approximate surface area is 144 Å². The van der Waals surface area contributed by atoms with Gasteiger partial charge < -0.3 is 9.84 Å². The highest BCUT2D eigenvalue weighted by molar-refractivity contribution is 5.80. The van der Waals surface area contributed by atoms with Gasteiger partial charge in [0, 0.05) is 5.41 Å². The van der Waals surface area contributed by atoms with Gasteiger partial charge in [0.1, 0.15) is 0 Å². The molecule has 128 valence electrons. The van der Waals surface area contributed by atoms with Gasteiger partial charge in [-0.1, -0.05) is 68.4 Å². The number of carboxylic acid groups (broad SMARTS) is 1. The minimum absolute atomic E-state index is 0.0491. The summed E-state index contributed by atoms with van der Waals surface area (Å²) in [4.78, 5) is 11.3. The zero-order valence-electron chi connectivity index (χ0n) is 14.9. The van der Waals surface area contributed by atoms with E-state index in [2.05, 4.69) is 26.0 Å². The van der Waals surface area contributed by atoms with Crippen LogP contribution in [0.15, 0.2) is 54.6 Å². The molecule has 0 unspecified atom stereocenters. The highest BCUT2D eigenvalue weighted by Gasteiger charge is 2.29. The van der Waals surface area contributed by atoms with E-state index < -0.39 is 11.4 Å². The van der Waals surface area contributed by atoms with Gasteiger partial charge in [-0.25, -0.2) is 0 Å². The van der Waals surface area contributed by atoms with Crippen molar-refractivity contribution in [2.24, 2.45) is 0 Å². The lowest BCUT2D eigenvalue weighted by atomic mass is 9.84. The molecule has 0 atom stereocenters. The van der Waals surface area contributed by atoms with Crippen molar-refractivity contribution in [3.63, 3.8) is 0 Å². The van der Waals surface area contributed by atoms with Gasteiger partial charge in [-0.2, -0.15) is 0 Å². The normalized spacial score (nSPS) is 12.2. The van der Waals surface area contributed by atoms with Crippen LogP contribution in [0.4, 0.5) is 0 Å². The van der Waals surface area contributed by atoms with Crippen LogP contribution in [0.5, 0.6) is 0 Å². The molecule has 2 rings (SSSR count). The number of carboxylic acids is 1. The van der Waals surface area contributed by atoms with Crippen molar-refractivity contribution in [1.29, 1.82) is 0 Å². The first-order valence-electron chi connectivity index (χ1n) is 8.19. The Bertz CT molecular complexity index is 670. The van der Waals surface area contributed by atoms with Gasteiger partial charge in [-0.3, -0.25) is 4.79 Å². The highest BCUT2D eigenvalue weighted by Crippen LogP contribution is 2.25. The number of hydrogen-bond acceptors (Lipinski definition) is 2. The molecule has 0 saturated carbocycles. The third kappa shape index (κ3) is 4.24. The zero-order valence-corrected chi connectivity index (χ0v) is 14.9. The second kappa shape index (κ2) is 7.18. The zero-order chi connectivity index (χ0) is 17.8. The summed E-state index contributed by atoms with van der Waals surface area (Å²) in [5.41, 5.74) is 2.16. The third-order valence-electron chi connectivity index (χ3n) is 4.50. The maximum atomic E-state index is 11.3. The Balaban J connectivity index is 1.95. The van der Waals surface area contributed by atoms with Crippen molar-refractivity contribution in [1.82, 2.24) is 0 Å². The van der Waals surface area contributed by atoms with Gasteiger partial charge in [0.05, 0.1) is 18.6 Å². The Morgan fingerprint density at radius 3 is 2.04 bits per heavy atom. The average molecular weight is 326 g/mol. The molecule has 0 saturated heterocycles. The van der Waals surface area contributed by atoms with Gasteiger partial charge in [0.15, 0.2) is 0 Å². The SMILES string of the molecule is CC(C)(COCc1ccc(C(C)(C)C(=O)O)cc1)c1ccccc1. The predicted molar refractivity (Wildman–Crippen MR) is 96.2 cm³/mol. The molecule has 0 amide bonds. The van der Waals surface area contributed by atoms with E-state index >= 15 is 0 Å². The summed E-state index contributed by atoms with van der Waals surface area (Å²) in [6.45, 7) is 8.90. The van der Waals surface area contributed by atoms with E-state index in [4.69, 9.17) is 4.74 Å². The maximum Gasteiger partial charge on any atom is 0.313 e. The van der Waals surface area contributed by atoms with E-state index in [-0.39, 0.29) is 5.41 Å². The molecule has 3 heteroatoms. The summed E-state index contributed by atoms with van der Waals surface area (Å²) in [5, 5.41) is 9.28. The average Bonchev–Trinajstić information content (AvgIpc) is 2.56. The van der Waals surface area contributed by atoms with Crippen LogP contribution in [0.1, 0.15) is 44.4 Å². The monoisotopic (exact) mass is 326 g/mol. The van der Waals surface area contributed by atoms with E-state index in [0.717, 1.165) is 11.1 Å². The topological polar surface area (TPSA) is 46.5 Å². The first kappa shape index (κ1) is 18.2. The first-order chi connectivity index (χ1) is 11.2. The standard InChI is InChI=1S/C21H26O3/c1-20(2,17-8-6-5-7-9-17)15-24-14-16-10-12-18(13-11-16)21(3,4)19(22)23/h5-13H,14-15H2,1-4H3,(H,22,23). The van der Waals surface area contributed by atoms with Crippen LogP contribution in [0, 0.1) is 0 Å². The van der Waals surface area contributed by atoms with E-state index in [1.807, 2.05) is 42.5 Å². The molecule has 2 aromatic carbocycles. The van der Waals surface area contributed by atoms with Crippen LogP contribution in [-0.2, 0) is 27.0 Å². The van der Waals surface area contributed by atoms with Crippen molar-refractivity contribution < 1.29 is 14.6 Å². The van der Waals surface area contributed by atoms with E-state index in [1.54, 1.807) is 13.8 Å². The van der Waals surface area contributed by atoms with Gasteiger partial charge >= 0.3 is 5.97 Å². The molecule has 0 aliphatic heterocycles. The van der Waals surface area contributed by atoms with Crippen LogP contribution in [0.3, 0.4) is 0 Å². The second-order valence-corrected chi connectivity index (χ2v) is 7.37. The highest BCUT2D eigenvalue weighted by atomic mass is 16.5. The van der Waals surface area contributed by atoms with Crippen molar-refractivity contribution in [3.05, 3.63) is 71.3 Å². The van der Waals surface area contributed by atoms with E-state index in [1.165, 1.54) is 5.56 Å². The first-order valence-corrected chi connectivity index (χ1v) is 8.19. The Hall–Kier alpha value is -2.13. The summed E-state index contributed by atoms with van der Waals surface area (Å²) in [6, 6.07) is 18.0. The van der Waals surface area contributed by atoms with Gasteiger partial charge in [0.2, 0.25) is 0 Å². The number of aliphatic carboxylic acids is 1. The molecule has 0 aliphatic rings. The largest absolute Gasteiger partial charge is 0.481 e. The lowest BCUT2D eigenvalue weighted by molar-refractivity contribution is -0.142. The fraction of sp³-hybridized carbons (Fsp3) is 0.381. The minimum atomic E-state index is -0.880. The molecule has 3 nitrogen and oxygen atoms in total. The fourth-order valence-corrected chi connectivity index (χ4v) is 2.54. The maximum absolute atomic E-state index is 11.3. The summed E-state index contributed by atoms with van der Waals surface area (Å²) in [6.07, 6.45) is 0. The molecule has 2 aromatic rings. The van der Waals surface area contributed by atoms with Crippen LogP contribution in [-0.4, -0.2) is 17.7 Å². The smallest absolute Gasteiger partial charge is 0.313 e. The van der Waals surface area contributed by atoms with E-state index in [9.17, 15) is 9.90 Å². The van der Waals surface area contributed by atoms with E-state index in [0.29, 0.717) is 13.2 Å². The lowest BCUT2D eigenvalue weighted by Gasteiger charge is -2.25. The van der Waals surface area contributed by atoms with Crippen molar-refractivity contribution in [2.75, 3.05) is 6.61 Å². The molecule has 0 aliphatic carbocycles. The lowest BCUT2D eigenvalue weighted by Crippen LogP contribution is -2.28. The Kier molecular flexibility index (Phi) is 5.45. The molecule has 1 N–H and O–H groups in total. The second-order valence-electron chi connectivity index (χ2n) is 7.37. The molecular weight excluding hydrogens is 300 g/mol. The molecule has 0 radical (unpaired) electrons. The molecule has 0 bridgehead atoms. The number of carbonyl (C=O) groups is 1. The summed E-state index contributed by atoms with van der Waals surface area (Å²) >= 11 is 0. The molecule has 0 spiro atoms. The Morgan fingerprint density at radius 2 is 1.50 bits per heavy atom. The number of benzene rings is 2. The van der Waals surface area contributed by atoms with Crippen LogP contribution in [0.2, 0.25) is 0 Å². The van der Waals surface area contributed by atoms with Gasteiger partial charge in [-0.15, -0.1) is 0 Å². The molecule has 24 heavy (non-hydrogen) atoms. The fourth-order valence-electron chi connectivity index (χ4n) is 2.54. The number of rotatable bonds is 7. The Morgan fingerprint density at radius 1 is 0.917 bits per heavy atom. The summed E-state index contributed by atoms with van der Waals surface area (Å²) in [5.74, 6) is -0.823. The minimum Gasteiger partial charge on any atom is -0.481 e. The van der Waals surface area contributed by atoms with Crippen LogP contribution >= 0.6 is 0 Å². The summed E-state index contributed by atoms with van der Waals surface area (Å²) < 4.78 is 5.90. The molecule has 0 aromatic heterocycles. The quantitative estimate of drug-likeness (QED) is 0.812. The van der Waals surface area contributed by atoms with Crippen molar-refractivity contribution >= 4 is 5.97 Å². The van der Waals surface area contributed by atoms with Crippen molar-refractivity contribution in [3.8, 4) is 0 Å². The van der Waals surface area contributed by atoms with Gasteiger partial charge in [0.25, 0.3) is 0 Å². The summed E-state index contributed by atoms with van der Waals surface area (Å²) in [7, 11) is 0. The molecular formula is C21H26O3. The molecule has 0 fully saturated rings. The van der Waals surface area contributed by atoms with Crippen LogP contribution in [0.25, 0.3) is 0 Å². The third-order valence-corrected chi connectivity index (χ3v) is 4.50. The van der Waals surface area contributed by atoms with Gasteiger partial charge in [-0.05, 0) is 30.5 Å².